The number of guanidine groups is 1. The minimum Gasteiger partial charge on any atom is -0.361 e. The Bertz CT molecular complexity index is 672. The first-order chi connectivity index (χ1) is 12.0. The van der Waals surface area contributed by atoms with Crippen molar-refractivity contribution in [3.63, 3.8) is 0 Å². The van der Waals surface area contributed by atoms with Gasteiger partial charge in [-0.1, -0.05) is 5.16 Å². The van der Waals surface area contributed by atoms with Gasteiger partial charge in [0.25, 0.3) is 0 Å². The average molecular weight is 491 g/mol. The molecule has 2 rings (SSSR count). The molecule has 2 aromatic rings. The summed E-state index contributed by atoms with van der Waals surface area (Å²) in [5.74, 6) is 1.78. The van der Waals surface area contributed by atoms with Crippen LogP contribution in [0.3, 0.4) is 0 Å². The summed E-state index contributed by atoms with van der Waals surface area (Å²) in [5.41, 5.74) is 3.34. The first kappa shape index (κ1) is 22.9. The zero-order valence-electron chi connectivity index (χ0n) is 16.3. The number of rotatable bonds is 8. The zero-order chi connectivity index (χ0) is 18.2. The molecule has 0 aliphatic carbocycles. The van der Waals surface area contributed by atoms with Gasteiger partial charge in [0, 0.05) is 36.5 Å². The molecule has 146 valence electrons. The molecule has 0 aliphatic rings. The second-order valence-electron chi connectivity index (χ2n) is 6.09. The highest BCUT2D eigenvalue weighted by molar-refractivity contribution is 14.0. The van der Waals surface area contributed by atoms with Crippen LogP contribution in [-0.4, -0.2) is 35.7 Å². The van der Waals surface area contributed by atoms with Crippen molar-refractivity contribution >= 4 is 41.3 Å². The molecule has 0 unspecified atom stereocenters. The van der Waals surface area contributed by atoms with E-state index in [1.807, 2.05) is 13.8 Å². The van der Waals surface area contributed by atoms with Crippen LogP contribution < -0.4 is 10.6 Å². The summed E-state index contributed by atoms with van der Waals surface area (Å²) in [4.78, 5) is 10.5. The van der Waals surface area contributed by atoms with Crippen LogP contribution in [0.4, 0.5) is 0 Å². The molecule has 0 atom stereocenters. The first-order valence-electron chi connectivity index (χ1n) is 8.88. The fourth-order valence-corrected chi connectivity index (χ4v) is 3.51. The lowest BCUT2D eigenvalue weighted by Gasteiger charge is -2.10. The molecule has 0 radical (unpaired) electrons. The number of halogens is 1. The predicted molar refractivity (Wildman–Crippen MR) is 119 cm³/mol. The fraction of sp³-hybridized carbons (Fsp3) is 0.611. The summed E-state index contributed by atoms with van der Waals surface area (Å²) < 4.78 is 5.20. The van der Waals surface area contributed by atoms with E-state index in [4.69, 9.17) is 4.52 Å². The Hall–Kier alpha value is -1.16. The van der Waals surface area contributed by atoms with E-state index in [0.717, 1.165) is 62.0 Å². The number of thiazole rings is 1. The molecular weight excluding hydrogens is 461 g/mol. The maximum absolute atomic E-state index is 5.20. The Morgan fingerprint density at radius 2 is 1.88 bits per heavy atom. The van der Waals surface area contributed by atoms with Gasteiger partial charge in [0.15, 0.2) is 5.96 Å². The molecular formula is C18H30IN5OS. The summed E-state index contributed by atoms with van der Waals surface area (Å²) in [6, 6.07) is 0. The van der Waals surface area contributed by atoms with Gasteiger partial charge in [-0.2, -0.15) is 0 Å². The van der Waals surface area contributed by atoms with Crippen LogP contribution in [0.25, 0.3) is 0 Å². The van der Waals surface area contributed by atoms with Crippen LogP contribution in [0.5, 0.6) is 0 Å². The van der Waals surface area contributed by atoms with E-state index < -0.39 is 0 Å². The lowest BCUT2D eigenvalue weighted by molar-refractivity contribution is 0.392. The number of aryl methyl sites for hydroxylation is 4. The summed E-state index contributed by atoms with van der Waals surface area (Å²) in [7, 11) is 0. The summed E-state index contributed by atoms with van der Waals surface area (Å²) in [6.07, 6.45) is 2.84. The molecule has 0 fully saturated rings. The van der Waals surface area contributed by atoms with Crippen LogP contribution in [0.2, 0.25) is 0 Å². The number of hydrogen-bond donors (Lipinski definition) is 2. The standard InChI is InChI=1S/C18H29N5OS.HI/c1-6-19-18(21-11-9-17-22-12(2)15(5)25-17)20-10-7-8-16-13(3)23-24-14(16)4;/h6-11H2,1-5H3,(H2,19,20,21);1H. The van der Waals surface area contributed by atoms with Crippen LogP contribution >= 0.6 is 35.3 Å². The quantitative estimate of drug-likeness (QED) is 0.255. The molecule has 2 heterocycles. The highest BCUT2D eigenvalue weighted by Crippen LogP contribution is 2.16. The minimum absolute atomic E-state index is 0. The Morgan fingerprint density at radius 1 is 1.12 bits per heavy atom. The van der Waals surface area contributed by atoms with Crippen molar-refractivity contribution in [1.29, 1.82) is 0 Å². The van der Waals surface area contributed by atoms with Crippen molar-refractivity contribution in [3.05, 3.63) is 32.6 Å². The number of nitrogens with zero attached hydrogens (tertiary/aromatic N) is 3. The van der Waals surface area contributed by atoms with Gasteiger partial charge in [-0.05, 0) is 47.5 Å². The number of nitrogens with one attached hydrogen (secondary N) is 2. The van der Waals surface area contributed by atoms with Crippen molar-refractivity contribution in [3.8, 4) is 0 Å². The highest BCUT2D eigenvalue weighted by Gasteiger charge is 2.08. The summed E-state index contributed by atoms with van der Waals surface area (Å²) >= 11 is 1.78. The Balaban J connectivity index is 0.00000338. The van der Waals surface area contributed by atoms with Gasteiger partial charge in [-0.3, -0.25) is 4.99 Å². The number of aliphatic imine (C=N–C) groups is 1. The second-order valence-corrected chi connectivity index (χ2v) is 7.38. The molecule has 0 saturated heterocycles. The predicted octanol–water partition coefficient (Wildman–Crippen LogP) is 3.71. The van der Waals surface area contributed by atoms with E-state index in [2.05, 4.69) is 46.5 Å². The lowest BCUT2D eigenvalue weighted by atomic mass is 10.1. The van der Waals surface area contributed by atoms with Crippen LogP contribution in [0, 0.1) is 27.7 Å². The van der Waals surface area contributed by atoms with Crippen molar-refractivity contribution in [2.45, 2.75) is 53.9 Å². The van der Waals surface area contributed by atoms with E-state index >= 15 is 0 Å². The van der Waals surface area contributed by atoms with Crippen molar-refractivity contribution in [2.24, 2.45) is 4.99 Å². The largest absolute Gasteiger partial charge is 0.361 e. The van der Waals surface area contributed by atoms with Crippen LogP contribution in [0.15, 0.2) is 9.52 Å². The van der Waals surface area contributed by atoms with Crippen LogP contribution in [0.1, 0.15) is 45.9 Å². The van der Waals surface area contributed by atoms with Gasteiger partial charge < -0.3 is 15.2 Å². The molecule has 0 aliphatic heterocycles. The molecule has 2 aromatic heterocycles. The van der Waals surface area contributed by atoms with E-state index in [-0.39, 0.29) is 24.0 Å². The second kappa shape index (κ2) is 11.5. The maximum atomic E-state index is 5.20. The third-order valence-electron chi connectivity index (χ3n) is 4.08. The molecule has 0 amide bonds. The third-order valence-corrected chi connectivity index (χ3v) is 5.22. The summed E-state index contributed by atoms with van der Waals surface area (Å²) in [5, 5.41) is 11.9. The highest BCUT2D eigenvalue weighted by atomic mass is 127. The monoisotopic (exact) mass is 491 g/mol. The van der Waals surface area contributed by atoms with Crippen molar-refractivity contribution in [2.75, 3.05) is 19.6 Å². The van der Waals surface area contributed by atoms with E-state index in [1.165, 1.54) is 15.4 Å². The maximum Gasteiger partial charge on any atom is 0.191 e. The van der Waals surface area contributed by atoms with Gasteiger partial charge in [-0.15, -0.1) is 35.3 Å². The van der Waals surface area contributed by atoms with E-state index in [0.29, 0.717) is 0 Å². The topological polar surface area (TPSA) is 75.3 Å². The third kappa shape index (κ3) is 6.86. The van der Waals surface area contributed by atoms with E-state index in [9.17, 15) is 0 Å². The van der Waals surface area contributed by atoms with E-state index in [1.54, 1.807) is 11.3 Å². The Morgan fingerprint density at radius 3 is 2.46 bits per heavy atom. The summed E-state index contributed by atoms with van der Waals surface area (Å²) in [6.45, 7) is 12.7. The van der Waals surface area contributed by atoms with Crippen molar-refractivity contribution in [1.82, 2.24) is 20.8 Å². The average Bonchev–Trinajstić information content (AvgIpc) is 3.06. The minimum atomic E-state index is 0. The van der Waals surface area contributed by atoms with Gasteiger partial charge >= 0.3 is 0 Å². The normalized spacial score (nSPS) is 11.3. The number of aromatic nitrogens is 2. The first-order valence-corrected chi connectivity index (χ1v) is 9.69. The Kier molecular flexibility index (Phi) is 10.1. The van der Waals surface area contributed by atoms with Gasteiger partial charge in [0.05, 0.1) is 16.4 Å². The smallest absolute Gasteiger partial charge is 0.191 e. The molecule has 2 N–H and O–H groups in total. The molecule has 0 aromatic carbocycles. The number of hydrogen-bond acceptors (Lipinski definition) is 5. The SMILES string of the molecule is CCNC(=NCCCc1c(C)noc1C)NCCc1nc(C)c(C)s1.I. The molecule has 0 spiro atoms. The Labute approximate surface area is 177 Å². The molecule has 26 heavy (non-hydrogen) atoms. The molecule has 0 saturated carbocycles. The van der Waals surface area contributed by atoms with Gasteiger partial charge in [-0.25, -0.2) is 4.98 Å². The fourth-order valence-electron chi connectivity index (χ4n) is 2.58. The van der Waals surface area contributed by atoms with Crippen molar-refractivity contribution < 1.29 is 4.52 Å². The zero-order valence-corrected chi connectivity index (χ0v) is 19.5. The van der Waals surface area contributed by atoms with Gasteiger partial charge in [0.1, 0.15) is 5.76 Å². The molecule has 6 nitrogen and oxygen atoms in total. The van der Waals surface area contributed by atoms with Crippen LogP contribution in [-0.2, 0) is 12.8 Å². The molecule has 8 heteroatoms. The van der Waals surface area contributed by atoms with Gasteiger partial charge in [0.2, 0.25) is 0 Å². The lowest BCUT2D eigenvalue weighted by Crippen LogP contribution is -2.38. The molecule has 0 bridgehead atoms.